The van der Waals surface area contributed by atoms with Crippen LogP contribution in [0.25, 0.3) is 0 Å². The van der Waals surface area contributed by atoms with Gasteiger partial charge in [-0.2, -0.15) is 5.10 Å². The number of guanidine groups is 1. The van der Waals surface area contributed by atoms with E-state index >= 15 is 0 Å². The van der Waals surface area contributed by atoms with E-state index in [2.05, 4.69) is 50.1 Å². The van der Waals surface area contributed by atoms with E-state index in [-0.39, 0.29) is 24.0 Å². The van der Waals surface area contributed by atoms with Crippen molar-refractivity contribution >= 4 is 41.3 Å². The molecule has 2 unspecified atom stereocenters. The van der Waals surface area contributed by atoms with E-state index in [1.165, 1.54) is 4.88 Å². The lowest BCUT2D eigenvalue weighted by molar-refractivity contribution is 0.392. The van der Waals surface area contributed by atoms with Crippen molar-refractivity contribution in [3.05, 3.63) is 34.5 Å². The molecule has 23 heavy (non-hydrogen) atoms. The molecule has 2 aromatic rings. The van der Waals surface area contributed by atoms with Gasteiger partial charge in [-0.1, -0.05) is 13.0 Å². The van der Waals surface area contributed by atoms with Crippen LogP contribution >= 0.6 is 35.3 Å². The van der Waals surface area contributed by atoms with Crippen molar-refractivity contribution in [3.8, 4) is 0 Å². The van der Waals surface area contributed by atoms with Crippen molar-refractivity contribution in [2.24, 2.45) is 4.99 Å². The average molecular weight is 446 g/mol. The summed E-state index contributed by atoms with van der Waals surface area (Å²) in [7, 11) is 1.81. The minimum Gasteiger partial charge on any atom is -0.356 e. The Labute approximate surface area is 157 Å². The smallest absolute Gasteiger partial charge is 0.191 e. The number of thiophene rings is 1. The highest BCUT2D eigenvalue weighted by Gasteiger charge is 2.20. The second-order valence-electron chi connectivity index (χ2n) is 5.61. The summed E-state index contributed by atoms with van der Waals surface area (Å²) in [4.78, 5) is 9.99. The summed E-state index contributed by atoms with van der Waals surface area (Å²) >= 11 is 1.80. The van der Waals surface area contributed by atoms with Crippen LogP contribution in [0.2, 0.25) is 0 Å². The number of hydrogen-bond acceptors (Lipinski definition) is 4. The molecule has 0 saturated heterocycles. The molecule has 1 aliphatic heterocycles. The monoisotopic (exact) mass is 446 g/mol. The molecule has 0 aliphatic carbocycles. The maximum Gasteiger partial charge on any atom is 0.191 e. The van der Waals surface area contributed by atoms with E-state index < -0.39 is 0 Å². The Hall–Kier alpha value is -1.16. The first-order valence-corrected chi connectivity index (χ1v) is 8.51. The van der Waals surface area contributed by atoms with Gasteiger partial charge in [-0.15, -0.1) is 35.3 Å². The minimum absolute atomic E-state index is 0. The zero-order chi connectivity index (χ0) is 15.4. The van der Waals surface area contributed by atoms with E-state index in [0.717, 1.165) is 37.7 Å². The van der Waals surface area contributed by atoms with Crippen LogP contribution in [-0.2, 0) is 13.0 Å². The lowest BCUT2D eigenvalue weighted by Crippen LogP contribution is -2.47. The van der Waals surface area contributed by atoms with E-state index in [1.54, 1.807) is 17.7 Å². The highest BCUT2D eigenvalue weighted by molar-refractivity contribution is 14.0. The molecule has 0 spiro atoms. The van der Waals surface area contributed by atoms with Crippen LogP contribution in [0, 0.1) is 0 Å². The van der Waals surface area contributed by atoms with Crippen LogP contribution in [-0.4, -0.2) is 40.4 Å². The predicted octanol–water partition coefficient (Wildman–Crippen LogP) is 2.24. The molecule has 0 aromatic carbocycles. The molecule has 0 amide bonds. The van der Waals surface area contributed by atoms with Gasteiger partial charge in [-0.25, -0.2) is 9.67 Å². The first kappa shape index (κ1) is 18.2. The topological polar surface area (TPSA) is 67.1 Å². The molecule has 2 aromatic heterocycles. The summed E-state index contributed by atoms with van der Waals surface area (Å²) in [6.45, 7) is 3.95. The summed E-state index contributed by atoms with van der Waals surface area (Å²) in [6, 6.07) is 4.62. The van der Waals surface area contributed by atoms with Crippen molar-refractivity contribution in [2.75, 3.05) is 13.6 Å². The van der Waals surface area contributed by atoms with Crippen molar-refractivity contribution < 1.29 is 0 Å². The maximum absolute atomic E-state index is 4.33. The Morgan fingerprint density at radius 3 is 3.17 bits per heavy atom. The summed E-state index contributed by atoms with van der Waals surface area (Å²) in [5, 5.41) is 13.3. The van der Waals surface area contributed by atoms with Gasteiger partial charge in [0.05, 0.1) is 6.54 Å². The molecule has 8 heteroatoms. The van der Waals surface area contributed by atoms with E-state index in [9.17, 15) is 0 Å². The molecule has 126 valence electrons. The summed E-state index contributed by atoms with van der Waals surface area (Å²) < 4.78 is 1.97. The van der Waals surface area contributed by atoms with Gasteiger partial charge in [0.2, 0.25) is 0 Å². The number of aryl methyl sites for hydroxylation is 1. The quantitative estimate of drug-likeness (QED) is 0.430. The largest absolute Gasteiger partial charge is 0.356 e. The Morgan fingerprint density at radius 2 is 2.43 bits per heavy atom. The normalized spacial score (nSPS) is 18.7. The lowest BCUT2D eigenvalue weighted by Gasteiger charge is -2.25. The van der Waals surface area contributed by atoms with Crippen LogP contribution in [0.1, 0.15) is 30.0 Å². The molecule has 6 nitrogen and oxygen atoms in total. The summed E-state index contributed by atoms with van der Waals surface area (Å²) in [5.41, 5.74) is 0. The minimum atomic E-state index is 0. The fraction of sp³-hybridized carbons (Fsp3) is 0.533. The van der Waals surface area contributed by atoms with Crippen LogP contribution in [0.15, 0.2) is 28.8 Å². The number of hydrogen-bond donors (Lipinski definition) is 2. The molecule has 2 atom stereocenters. The third kappa shape index (κ3) is 4.66. The fourth-order valence-electron chi connectivity index (χ4n) is 2.67. The van der Waals surface area contributed by atoms with Crippen LogP contribution in [0.3, 0.4) is 0 Å². The van der Waals surface area contributed by atoms with Crippen molar-refractivity contribution in [2.45, 2.75) is 38.3 Å². The van der Waals surface area contributed by atoms with Gasteiger partial charge < -0.3 is 10.6 Å². The van der Waals surface area contributed by atoms with Gasteiger partial charge in [0.1, 0.15) is 12.2 Å². The van der Waals surface area contributed by atoms with Gasteiger partial charge in [-0.05, 0) is 17.9 Å². The summed E-state index contributed by atoms with van der Waals surface area (Å²) in [5.74, 6) is 2.41. The van der Waals surface area contributed by atoms with Crippen LogP contribution in [0.5, 0.6) is 0 Å². The van der Waals surface area contributed by atoms with E-state index in [1.807, 2.05) is 11.7 Å². The Morgan fingerprint density at radius 1 is 1.57 bits per heavy atom. The first-order chi connectivity index (χ1) is 10.8. The van der Waals surface area contributed by atoms with Crippen molar-refractivity contribution in [1.29, 1.82) is 0 Å². The number of aromatic nitrogens is 3. The molecule has 0 fully saturated rings. The SMILES string of the molecule is CN=C(NCC(C)c1cccs1)NC1CCc2ncnn2C1.I. The fourth-order valence-corrected chi connectivity index (χ4v) is 3.45. The van der Waals surface area contributed by atoms with E-state index in [4.69, 9.17) is 0 Å². The number of rotatable bonds is 4. The highest BCUT2D eigenvalue weighted by Crippen LogP contribution is 2.19. The van der Waals surface area contributed by atoms with Crippen molar-refractivity contribution in [1.82, 2.24) is 25.4 Å². The van der Waals surface area contributed by atoms with Crippen LogP contribution in [0.4, 0.5) is 0 Å². The second-order valence-corrected chi connectivity index (χ2v) is 6.59. The number of nitrogens with zero attached hydrogens (tertiary/aromatic N) is 4. The zero-order valence-electron chi connectivity index (χ0n) is 13.4. The molecular formula is C15H23IN6S. The first-order valence-electron chi connectivity index (χ1n) is 7.63. The third-order valence-electron chi connectivity index (χ3n) is 3.97. The predicted molar refractivity (Wildman–Crippen MR) is 105 cm³/mol. The summed E-state index contributed by atoms with van der Waals surface area (Å²) in [6.07, 6.45) is 3.65. The average Bonchev–Trinajstić information content (AvgIpc) is 3.21. The molecule has 3 heterocycles. The number of fused-ring (bicyclic) bond motifs is 1. The van der Waals surface area contributed by atoms with Gasteiger partial charge in [-0.3, -0.25) is 4.99 Å². The van der Waals surface area contributed by atoms with Gasteiger partial charge in [0, 0.05) is 36.9 Å². The number of nitrogens with one attached hydrogen (secondary N) is 2. The number of halogens is 1. The van der Waals surface area contributed by atoms with Crippen molar-refractivity contribution in [3.63, 3.8) is 0 Å². The molecule has 0 saturated carbocycles. The molecular weight excluding hydrogens is 423 g/mol. The van der Waals surface area contributed by atoms with E-state index in [0.29, 0.717) is 12.0 Å². The van der Waals surface area contributed by atoms with Crippen LogP contribution < -0.4 is 10.6 Å². The molecule has 1 aliphatic rings. The van der Waals surface area contributed by atoms with Gasteiger partial charge in [0.25, 0.3) is 0 Å². The number of aliphatic imine (C=N–C) groups is 1. The standard InChI is InChI=1S/C15H22N6S.HI/c1-11(13-4-3-7-22-13)8-17-15(16-2)20-12-5-6-14-18-10-19-21(14)9-12;/h3-4,7,10-12H,5-6,8-9H2,1-2H3,(H2,16,17,20);1H. The third-order valence-corrected chi connectivity index (χ3v) is 5.08. The Bertz CT molecular complexity index is 624. The van der Waals surface area contributed by atoms with Gasteiger partial charge >= 0.3 is 0 Å². The Balaban J connectivity index is 0.00000192. The Kier molecular flexibility index (Phi) is 6.82. The molecule has 2 N–H and O–H groups in total. The molecule has 0 radical (unpaired) electrons. The second kappa shape index (κ2) is 8.62. The zero-order valence-corrected chi connectivity index (χ0v) is 16.5. The highest BCUT2D eigenvalue weighted by atomic mass is 127. The lowest BCUT2D eigenvalue weighted by atomic mass is 10.1. The van der Waals surface area contributed by atoms with Gasteiger partial charge in [0.15, 0.2) is 5.96 Å². The maximum atomic E-state index is 4.33. The molecule has 0 bridgehead atoms. The molecule has 3 rings (SSSR count).